The number of nitrogens with zero attached hydrogens (tertiary/aromatic N) is 1. The topological polar surface area (TPSA) is 65.2 Å². The maximum absolute atomic E-state index is 9.18. The average molecular weight is 264 g/mol. The van der Waals surface area contributed by atoms with Gasteiger partial charge >= 0.3 is 0 Å². The van der Waals surface area contributed by atoms with Crippen LogP contribution in [0.25, 0.3) is 0 Å². The first kappa shape index (κ1) is 15.5. The van der Waals surface area contributed by atoms with Crippen molar-refractivity contribution < 1.29 is 9.53 Å². The van der Waals surface area contributed by atoms with Crippen LogP contribution in [0.4, 0.5) is 5.69 Å². The molecule has 1 aliphatic carbocycles. The predicted octanol–water partition coefficient (Wildman–Crippen LogP) is 3.20. The molecule has 1 aliphatic rings. The molecule has 1 saturated carbocycles. The molecule has 0 unspecified atom stereocenters. The van der Waals surface area contributed by atoms with E-state index in [4.69, 9.17) is 5.73 Å². The van der Waals surface area contributed by atoms with Crippen LogP contribution < -0.4 is 5.73 Å². The monoisotopic (exact) mass is 264 g/mol. The predicted molar refractivity (Wildman–Crippen MR) is 76.9 cm³/mol. The van der Waals surface area contributed by atoms with Crippen molar-refractivity contribution in [2.75, 3.05) is 12.3 Å². The summed E-state index contributed by atoms with van der Waals surface area (Å²) in [6.45, 7) is 4.65. The summed E-state index contributed by atoms with van der Waals surface area (Å²) in [5.74, 6) is 0.683. The second kappa shape index (κ2) is 8.51. The highest BCUT2D eigenvalue weighted by molar-refractivity contribution is 5.42. The largest absolute Gasteiger partial charge is 0.468 e. The zero-order chi connectivity index (χ0) is 14.1. The molecule has 2 rings (SSSR count). The molecule has 0 aliphatic heterocycles. The molecular formula is C15H24N2O2. The molecule has 0 radical (unpaired) electrons. The molecule has 4 nitrogen and oxygen atoms in total. The summed E-state index contributed by atoms with van der Waals surface area (Å²) in [6, 6.07) is 4.09. The van der Waals surface area contributed by atoms with Crippen LogP contribution in [0.1, 0.15) is 56.3 Å². The highest BCUT2D eigenvalue weighted by atomic mass is 16.5. The van der Waals surface area contributed by atoms with E-state index in [-0.39, 0.29) is 0 Å². The number of anilines is 1. The first-order valence-electron chi connectivity index (χ1n) is 6.97. The number of carbonyl (C=O) groups excluding carboxylic acids is 1. The number of nitrogens with two attached hydrogens (primary N) is 1. The van der Waals surface area contributed by atoms with E-state index in [9.17, 15) is 4.79 Å². The van der Waals surface area contributed by atoms with Crippen LogP contribution in [-0.4, -0.2) is 18.1 Å². The summed E-state index contributed by atoms with van der Waals surface area (Å²) in [7, 11) is 0. The molecule has 0 amide bonds. The van der Waals surface area contributed by atoms with Crippen molar-refractivity contribution in [2.24, 2.45) is 0 Å². The fraction of sp³-hybridized carbons (Fsp3) is 0.600. The number of aryl methyl sites for hydroxylation is 1. The highest BCUT2D eigenvalue weighted by Gasteiger charge is 2.16. The summed E-state index contributed by atoms with van der Waals surface area (Å²) >= 11 is 0. The SMILES string of the molecule is CCOC=O.Cc1nc(C2CCCCC2)ccc1N. The van der Waals surface area contributed by atoms with Crippen molar-refractivity contribution >= 4 is 12.2 Å². The minimum absolute atomic E-state index is 0.431. The fourth-order valence-electron chi connectivity index (χ4n) is 2.28. The van der Waals surface area contributed by atoms with Gasteiger partial charge in [-0.1, -0.05) is 19.3 Å². The Bertz CT molecular complexity index is 388. The molecule has 0 atom stereocenters. The van der Waals surface area contributed by atoms with E-state index >= 15 is 0 Å². The Balaban J connectivity index is 0.000000312. The summed E-state index contributed by atoms with van der Waals surface area (Å²) in [5, 5.41) is 0. The van der Waals surface area contributed by atoms with Crippen LogP contribution >= 0.6 is 0 Å². The normalized spacial score (nSPS) is 15.3. The van der Waals surface area contributed by atoms with Crippen molar-refractivity contribution in [3.8, 4) is 0 Å². The van der Waals surface area contributed by atoms with Gasteiger partial charge in [0.15, 0.2) is 0 Å². The summed E-state index contributed by atoms with van der Waals surface area (Å²) in [6.07, 6.45) is 6.71. The van der Waals surface area contributed by atoms with E-state index in [1.807, 2.05) is 13.0 Å². The minimum atomic E-state index is 0.431. The third-order valence-electron chi connectivity index (χ3n) is 3.41. The van der Waals surface area contributed by atoms with Gasteiger partial charge in [-0.25, -0.2) is 0 Å². The molecule has 2 N–H and O–H groups in total. The number of aromatic nitrogens is 1. The Morgan fingerprint density at radius 3 is 2.53 bits per heavy atom. The standard InChI is InChI=1S/C12H18N2.C3H6O2/c1-9-11(13)7-8-12(14-9)10-5-3-2-4-6-10;1-2-5-3-4/h7-8,10H,2-6,13H2,1H3;3H,2H2,1H3. The van der Waals surface area contributed by atoms with Crippen LogP contribution in [0.3, 0.4) is 0 Å². The molecule has 1 fully saturated rings. The van der Waals surface area contributed by atoms with Gasteiger partial charge in [0.25, 0.3) is 6.47 Å². The maximum Gasteiger partial charge on any atom is 0.293 e. The van der Waals surface area contributed by atoms with Crippen LogP contribution in [-0.2, 0) is 9.53 Å². The second-order valence-electron chi connectivity index (χ2n) is 4.80. The molecule has 19 heavy (non-hydrogen) atoms. The first-order chi connectivity index (χ1) is 9.19. The average Bonchev–Trinajstić information content (AvgIpc) is 2.44. The number of hydrogen-bond acceptors (Lipinski definition) is 4. The number of hydrogen-bond donors (Lipinski definition) is 1. The van der Waals surface area contributed by atoms with Gasteiger partial charge < -0.3 is 10.5 Å². The quantitative estimate of drug-likeness (QED) is 0.851. The second-order valence-corrected chi connectivity index (χ2v) is 4.80. The van der Waals surface area contributed by atoms with E-state index in [1.54, 1.807) is 6.92 Å². The molecule has 0 saturated heterocycles. The highest BCUT2D eigenvalue weighted by Crippen LogP contribution is 2.31. The van der Waals surface area contributed by atoms with Crippen LogP contribution in [0.15, 0.2) is 12.1 Å². The Labute approximate surface area is 115 Å². The smallest absolute Gasteiger partial charge is 0.293 e. The van der Waals surface area contributed by atoms with E-state index < -0.39 is 0 Å². The maximum atomic E-state index is 9.18. The summed E-state index contributed by atoms with van der Waals surface area (Å²) in [4.78, 5) is 13.8. The zero-order valence-electron chi connectivity index (χ0n) is 11.9. The Kier molecular flexibility index (Phi) is 6.93. The number of carbonyl (C=O) groups is 1. The van der Waals surface area contributed by atoms with Gasteiger partial charge in [0.1, 0.15) is 0 Å². The number of ether oxygens (including phenoxy) is 1. The Morgan fingerprint density at radius 2 is 2.05 bits per heavy atom. The summed E-state index contributed by atoms with van der Waals surface area (Å²) < 4.78 is 4.15. The molecule has 1 heterocycles. The van der Waals surface area contributed by atoms with Crippen molar-refractivity contribution in [3.63, 3.8) is 0 Å². The van der Waals surface area contributed by atoms with Gasteiger partial charge in [-0.15, -0.1) is 0 Å². The van der Waals surface area contributed by atoms with Crippen molar-refractivity contribution in [2.45, 2.75) is 51.9 Å². The third-order valence-corrected chi connectivity index (χ3v) is 3.41. The molecule has 0 aromatic carbocycles. The van der Waals surface area contributed by atoms with Crippen LogP contribution in [0, 0.1) is 6.92 Å². The Hall–Kier alpha value is -1.58. The molecule has 0 bridgehead atoms. The lowest BCUT2D eigenvalue weighted by molar-refractivity contribution is -0.128. The number of pyridine rings is 1. The Morgan fingerprint density at radius 1 is 1.37 bits per heavy atom. The number of nitrogen functional groups attached to an aromatic ring is 1. The minimum Gasteiger partial charge on any atom is -0.468 e. The summed E-state index contributed by atoms with van der Waals surface area (Å²) in [5.41, 5.74) is 8.79. The van der Waals surface area contributed by atoms with Crippen LogP contribution in [0.5, 0.6) is 0 Å². The molecule has 1 aromatic rings. The van der Waals surface area contributed by atoms with E-state index in [2.05, 4.69) is 15.8 Å². The van der Waals surface area contributed by atoms with Crippen molar-refractivity contribution in [3.05, 3.63) is 23.5 Å². The first-order valence-corrected chi connectivity index (χ1v) is 6.97. The van der Waals surface area contributed by atoms with E-state index in [0.29, 0.717) is 19.0 Å². The molecule has 0 spiro atoms. The lowest BCUT2D eigenvalue weighted by atomic mass is 9.86. The van der Waals surface area contributed by atoms with Gasteiger partial charge in [0, 0.05) is 11.6 Å². The molecular weight excluding hydrogens is 240 g/mol. The lowest BCUT2D eigenvalue weighted by Crippen LogP contribution is -2.07. The van der Waals surface area contributed by atoms with Gasteiger partial charge in [-0.3, -0.25) is 9.78 Å². The van der Waals surface area contributed by atoms with Gasteiger partial charge in [0.05, 0.1) is 18.0 Å². The molecule has 4 heteroatoms. The van der Waals surface area contributed by atoms with E-state index in [0.717, 1.165) is 11.4 Å². The van der Waals surface area contributed by atoms with Crippen molar-refractivity contribution in [1.29, 1.82) is 0 Å². The van der Waals surface area contributed by atoms with E-state index in [1.165, 1.54) is 37.8 Å². The lowest BCUT2D eigenvalue weighted by Gasteiger charge is -2.21. The molecule has 106 valence electrons. The van der Waals surface area contributed by atoms with Gasteiger partial charge in [-0.05, 0) is 38.8 Å². The number of rotatable bonds is 3. The fourth-order valence-corrected chi connectivity index (χ4v) is 2.28. The molecule has 1 aromatic heterocycles. The van der Waals surface area contributed by atoms with Crippen LogP contribution in [0.2, 0.25) is 0 Å². The third kappa shape index (κ3) is 5.28. The van der Waals surface area contributed by atoms with Crippen molar-refractivity contribution in [1.82, 2.24) is 4.98 Å². The van der Waals surface area contributed by atoms with Gasteiger partial charge in [0.2, 0.25) is 0 Å². The zero-order valence-corrected chi connectivity index (χ0v) is 11.9. The van der Waals surface area contributed by atoms with Gasteiger partial charge in [-0.2, -0.15) is 0 Å².